The largest absolute Gasteiger partial charge is 0.481 e. The second kappa shape index (κ2) is 22.1. The number of unbranched alkanes of at least 4 members (excludes halogenated alkanes) is 13. The zero-order valence-electron chi connectivity index (χ0n) is 19.4. The maximum atomic E-state index is 11.9. The Labute approximate surface area is 185 Å². The molecule has 0 aliphatic rings. The monoisotopic (exact) mass is 422 g/mol. The van der Waals surface area contributed by atoms with Crippen molar-refractivity contribution in [1.29, 1.82) is 0 Å². The molecule has 1 N–H and O–H groups in total. The maximum Gasteiger partial charge on any atom is 0.309 e. The van der Waals surface area contributed by atoms with E-state index in [-0.39, 0.29) is 13.0 Å². The van der Waals surface area contributed by atoms with Gasteiger partial charge in [-0.2, -0.15) is 0 Å². The molecule has 0 radical (unpaired) electrons. The quantitative estimate of drug-likeness (QED) is 0.111. The van der Waals surface area contributed by atoms with Crippen LogP contribution >= 0.6 is 0 Å². The number of rotatable bonds is 22. The molecule has 0 fully saturated rings. The number of hydrogen-bond acceptors (Lipinski definition) is 3. The third kappa shape index (κ3) is 19.7. The Morgan fingerprint density at radius 1 is 0.833 bits per heavy atom. The first-order valence-electron chi connectivity index (χ1n) is 12.3. The van der Waals surface area contributed by atoms with E-state index in [1.807, 2.05) is 0 Å². The highest BCUT2D eigenvalue weighted by Crippen LogP contribution is 2.18. The fourth-order valence-corrected chi connectivity index (χ4v) is 3.60. The smallest absolute Gasteiger partial charge is 0.309 e. The Morgan fingerprint density at radius 3 is 1.83 bits per heavy atom. The molecule has 1 unspecified atom stereocenters. The lowest BCUT2D eigenvalue weighted by Crippen LogP contribution is -2.21. The summed E-state index contributed by atoms with van der Waals surface area (Å²) in [7, 11) is 0. The summed E-state index contributed by atoms with van der Waals surface area (Å²) in [6, 6.07) is 0. The van der Waals surface area contributed by atoms with Gasteiger partial charge in [0.25, 0.3) is 0 Å². The van der Waals surface area contributed by atoms with Crippen LogP contribution in [-0.2, 0) is 14.3 Å². The molecular formula is C26H46O4. The van der Waals surface area contributed by atoms with Gasteiger partial charge in [0.2, 0.25) is 0 Å². The van der Waals surface area contributed by atoms with Crippen molar-refractivity contribution in [3.8, 4) is 0 Å². The van der Waals surface area contributed by atoms with Crippen molar-refractivity contribution in [1.82, 2.24) is 0 Å². The van der Waals surface area contributed by atoms with Gasteiger partial charge in [-0.25, -0.2) is 0 Å². The van der Waals surface area contributed by atoms with E-state index in [0.717, 1.165) is 19.3 Å². The van der Waals surface area contributed by atoms with E-state index in [0.29, 0.717) is 6.42 Å². The zero-order valence-corrected chi connectivity index (χ0v) is 19.4. The molecule has 30 heavy (non-hydrogen) atoms. The number of esters is 1. The van der Waals surface area contributed by atoms with Crippen molar-refractivity contribution >= 4 is 11.9 Å². The van der Waals surface area contributed by atoms with Gasteiger partial charge in [0.15, 0.2) is 0 Å². The van der Waals surface area contributed by atoms with Crippen LogP contribution in [0.15, 0.2) is 24.8 Å². The Morgan fingerprint density at radius 2 is 1.33 bits per heavy atom. The van der Waals surface area contributed by atoms with Crippen molar-refractivity contribution in [2.24, 2.45) is 5.92 Å². The van der Waals surface area contributed by atoms with E-state index in [1.54, 1.807) is 0 Å². The summed E-state index contributed by atoms with van der Waals surface area (Å²) < 4.78 is 5.01. The molecule has 0 aromatic rings. The van der Waals surface area contributed by atoms with Crippen LogP contribution in [0.3, 0.4) is 0 Å². The molecule has 0 bridgehead atoms. The fraction of sp³-hybridized carbons (Fsp3) is 0.769. The van der Waals surface area contributed by atoms with Crippen molar-refractivity contribution in [2.75, 3.05) is 6.61 Å². The van der Waals surface area contributed by atoms with E-state index in [4.69, 9.17) is 9.84 Å². The third-order valence-electron chi connectivity index (χ3n) is 5.39. The molecular weight excluding hydrogens is 376 g/mol. The Kier molecular flexibility index (Phi) is 20.9. The van der Waals surface area contributed by atoms with E-state index < -0.39 is 17.9 Å². The van der Waals surface area contributed by atoms with Gasteiger partial charge < -0.3 is 9.84 Å². The average Bonchev–Trinajstić information content (AvgIpc) is 2.73. The molecule has 0 heterocycles. The van der Waals surface area contributed by atoms with Crippen LogP contribution in [0.1, 0.15) is 116 Å². The van der Waals surface area contributed by atoms with E-state index in [9.17, 15) is 9.59 Å². The van der Waals surface area contributed by atoms with Crippen molar-refractivity contribution in [3.63, 3.8) is 0 Å². The average molecular weight is 423 g/mol. The highest BCUT2D eigenvalue weighted by atomic mass is 16.5. The summed E-state index contributed by atoms with van der Waals surface area (Å²) in [5, 5.41) is 8.97. The number of allylic oxidation sites excluding steroid dienone is 2. The van der Waals surface area contributed by atoms with Crippen molar-refractivity contribution in [2.45, 2.75) is 116 Å². The third-order valence-corrected chi connectivity index (χ3v) is 5.39. The first-order chi connectivity index (χ1) is 14.6. The Hall–Kier alpha value is -1.58. The molecule has 4 heteroatoms. The van der Waals surface area contributed by atoms with Crippen LogP contribution in [0.5, 0.6) is 0 Å². The van der Waals surface area contributed by atoms with Crippen LogP contribution in [-0.4, -0.2) is 23.7 Å². The van der Waals surface area contributed by atoms with Gasteiger partial charge in [0.05, 0.1) is 12.3 Å². The molecule has 0 aliphatic heterocycles. The van der Waals surface area contributed by atoms with Gasteiger partial charge >= 0.3 is 11.9 Å². The van der Waals surface area contributed by atoms with Crippen LogP contribution in [0.2, 0.25) is 0 Å². The molecule has 1 atom stereocenters. The van der Waals surface area contributed by atoms with Crippen LogP contribution < -0.4 is 0 Å². The molecule has 0 aromatic heterocycles. The molecule has 0 spiro atoms. The maximum absolute atomic E-state index is 11.9. The predicted molar refractivity (Wildman–Crippen MR) is 126 cm³/mol. The summed E-state index contributed by atoms with van der Waals surface area (Å²) in [5.74, 6) is -1.89. The minimum absolute atomic E-state index is 0.144. The molecule has 174 valence electrons. The lowest BCUT2D eigenvalue weighted by molar-refractivity contribution is -0.152. The summed E-state index contributed by atoms with van der Waals surface area (Å²) >= 11 is 0. The lowest BCUT2D eigenvalue weighted by atomic mass is 9.97. The predicted octanol–water partition coefficient (Wildman–Crippen LogP) is 7.62. The van der Waals surface area contributed by atoms with Gasteiger partial charge in [0.1, 0.15) is 6.61 Å². The molecule has 4 nitrogen and oxygen atoms in total. The molecule has 0 saturated carbocycles. The highest BCUT2D eigenvalue weighted by molar-refractivity contribution is 5.79. The van der Waals surface area contributed by atoms with Gasteiger partial charge in [-0.15, -0.1) is 0 Å². The summed E-state index contributed by atoms with van der Waals surface area (Å²) in [6.45, 7) is 5.87. The van der Waals surface area contributed by atoms with Gasteiger partial charge in [-0.1, -0.05) is 109 Å². The SMILES string of the molecule is C=CCOC(=O)C(CCCCCCCCCCCCCC/C=C/CCC)CC(=O)O. The number of hydrogen-bond donors (Lipinski definition) is 1. The minimum Gasteiger partial charge on any atom is -0.481 e. The van der Waals surface area contributed by atoms with Gasteiger partial charge in [-0.3, -0.25) is 9.59 Å². The summed E-state index contributed by atoms with van der Waals surface area (Å²) in [4.78, 5) is 22.8. The Balaban J connectivity index is 3.49. The van der Waals surface area contributed by atoms with E-state index >= 15 is 0 Å². The summed E-state index contributed by atoms with van der Waals surface area (Å²) in [6.07, 6.45) is 25.4. The van der Waals surface area contributed by atoms with Crippen LogP contribution in [0.4, 0.5) is 0 Å². The van der Waals surface area contributed by atoms with Gasteiger partial charge in [0, 0.05) is 0 Å². The normalized spacial score (nSPS) is 12.2. The minimum atomic E-state index is -0.945. The first kappa shape index (κ1) is 28.4. The van der Waals surface area contributed by atoms with E-state index in [2.05, 4.69) is 25.7 Å². The topological polar surface area (TPSA) is 63.6 Å². The first-order valence-corrected chi connectivity index (χ1v) is 12.3. The highest BCUT2D eigenvalue weighted by Gasteiger charge is 2.22. The second-order valence-electron chi connectivity index (χ2n) is 8.29. The number of aliphatic carboxylic acids is 1. The number of carboxylic acid groups (broad SMARTS) is 1. The van der Waals surface area contributed by atoms with Crippen molar-refractivity contribution in [3.05, 3.63) is 24.8 Å². The lowest BCUT2D eigenvalue weighted by Gasteiger charge is -2.13. The molecule has 0 saturated heterocycles. The molecule has 0 amide bonds. The van der Waals surface area contributed by atoms with E-state index in [1.165, 1.54) is 83.1 Å². The zero-order chi connectivity index (χ0) is 22.3. The Bertz CT molecular complexity index is 456. The summed E-state index contributed by atoms with van der Waals surface area (Å²) in [5.41, 5.74) is 0. The molecule has 0 rings (SSSR count). The number of carboxylic acids is 1. The molecule has 0 aromatic carbocycles. The van der Waals surface area contributed by atoms with Crippen LogP contribution in [0.25, 0.3) is 0 Å². The number of carbonyl (C=O) groups excluding carboxylic acids is 1. The standard InChI is InChI=1S/C26H46O4/c1-3-5-6-7-8-9-10-11-12-13-14-15-16-17-18-19-20-21-24(23-25(27)28)26(29)30-22-4-2/h4,6-7,24H,2-3,5,8-23H2,1H3,(H,27,28)/b7-6+. The number of carbonyl (C=O) groups is 2. The number of ether oxygens (including phenoxy) is 1. The van der Waals surface area contributed by atoms with Gasteiger partial charge in [-0.05, 0) is 25.7 Å². The van der Waals surface area contributed by atoms with Crippen molar-refractivity contribution < 1.29 is 19.4 Å². The fourth-order valence-electron chi connectivity index (χ4n) is 3.60. The van der Waals surface area contributed by atoms with Crippen LogP contribution in [0, 0.1) is 5.92 Å². The second-order valence-corrected chi connectivity index (χ2v) is 8.29. The molecule has 0 aliphatic carbocycles.